The number of hydrogen-bond acceptors (Lipinski definition) is 3. The zero-order chi connectivity index (χ0) is 13.7. The summed E-state index contributed by atoms with van der Waals surface area (Å²) in [5.74, 6) is 0.910. The maximum Gasteiger partial charge on any atom is 0.119 e. The highest BCUT2D eigenvalue weighted by Crippen LogP contribution is 2.23. The van der Waals surface area contributed by atoms with Crippen molar-refractivity contribution in [3.05, 3.63) is 47.8 Å². The quantitative estimate of drug-likeness (QED) is 0.866. The summed E-state index contributed by atoms with van der Waals surface area (Å²) in [5, 5.41) is 7.73. The zero-order valence-electron chi connectivity index (χ0n) is 11.8. The van der Waals surface area contributed by atoms with Crippen molar-refractivity contribution in [3.63, 3.8) is 0 Å². The predicted octanol–water partition coefficient (Wildman–Crippen LogP) is 2.52. The molecule has 2 aromatic rings. The Bertz CT molecular complexity index is 504. The van der Waals surface area contributed by atoms with E-state index in [4.69, 9.17) is 4.74 Å². The molecule has 1 aromatic carbocycles. The van der Waals surface area contributed by atoms with Crippen molar-refractivity contribution in [2.75, 3.05) is 13.2 Å². The summed E-state index contributed by atoms with van der Waals surface area (Å²) in [4.78, 5) is 0. The van der Waals surface area contributed by atoms with Crippen LogP contribution in [0.4, 0.5) is 0 Å². The highest BCUT2D eigenvalue weighted by Gasteiger charge is 2.14. The Morgan fingerprint density at radius 2 is 1.95 bits per heavy atom. The predicted molar refractivity (Wildman–Crippen MR) is 76.3 cm³/mol. The maximum atomic E-state index is 5.47. The van der Waals surface area contributed by atoms with Gasteiger partial charge in [-0.05, 0) is 31.2 Å². The fourth-order valence-corrected chi connectivity index (χ4v) is 2.14. The molecule has 1 atom stereocenters. The lowest BCUT2D eigenvalue weighted by atomic mass is 10.0. The highest BCUT2D eigenvalue weighted by molar-refractivity contribution is 5.34. The molecule has 0 aliphatic heterocycles. The van der Waals surface area contributed by atoms with Gasteiger partial charge in [0.15, 0.2) is 0 Å². The molecule has 102 valence electrons. The van der Waals surface area contributed by atoms with Crippen LogP contribution in [-0.4, -0.2) is 22.9 Å². The standard InChI is InChI=1S/C15H21N3O/c1-4-16-15(13-10-17-18(3)11-13)12-6-8-14(9-7-12)19-5-2/h6-11,15-16H,4-5H2,1-3H3. The topological polar surface area (TPSA) is 39.1 Å². The Kier molecular flexibility index (Phi) is 4.58. The van der Waals surface area contributed by atoms with Gasteiger partial charge in [0, 0.05) is 18.8 Å². The summed E-state index contributed by atoms with van der Waals surface area (Å²) >= 11 is 0. The van der Waals surface area contributed by atoms with E-state index in [1.807, 2.05) is 43.2 Å². The summed E-state index contributed by atoms with van der Waals surface area (Å²) in [6.45, 7) is 5.70. The Morgan fingerprint density at radius 3 is 2.47 bits per heavy atom. The number of benzene rings is 1. The molecule has 19 heavy (non-hydrogen) atoms. The number of ether oxygens (including phenoxy) is 1. The average molecular weight is 259 g/mol. The summed E-state index contributed by atoms with van der Waals surface area (Å²) < 4.78 is 7.30. The minimum Gasteiger partial charge on any atom is -0.494 e. The SMILES string of the molecule is CCNC(c1ccc(OCC)cc1)c1cnn(C)c1. The summed E-state index contributed by atoms with van der Waals surface area (Å²) in [5.41, 5.74) is 2.40. The van der Waals surface area contributed by atoms with E-state index >= 15 is 0 Å². The lowest BCUT2D eigenvalue weighted by Crippen LogP contribution is -2.21. The van der Waals surface area contributed by atoms with E-state index in [1.54, 1.807) is 0 Å². The van der Waals surface area contributed by atoms with E-state index in [0.29, 0.717) is 6.61 Å². The first kappa shape index (κ1) is 13.6. The molecule has 0 radical (unpaired) electrons. The van der Waals surface area contributed by atoms with Gasteiger partial charge in [-0.15, -0.1) is 0 Å². The van der Waals surface area contributed by atoms with E-state index in [9.17, 15) is 0 Å². The van der Waals surface area contributed by atoms with Crippen LogP contribution in [0.25, 0.3) is 0 Å². The molecule has 0 bridgehead atoms. The second-order valence-electron chi connectivity index (χ2n) is 4.44. The maximum absolute atomic E-state index is 5.47. The molecule has 0 fully saturated rings. The van der Waals surface area contributed by atoms with Gasteiger partial charge in [0.2, 0.25) is 0 Å². The molecule has 1 unspecified atom stereocenters. The Balaban J connectivity index is 2.23. The molecule has 4 nitrogen and oxygen atoms in total. The number of aryl methyl sites for hydroxylation is 1. The van der Waals surface area contributed by atoms with E-state index in [0.717, 1.165) is 12.3 Å². The minimum atomic E-state index is 0.175. The highest BCUT2D eigenvalue weighted by atomic mass is 16.5. The molecular formula is C15H21N3O. The van der Waals surface area contributed by atoms with Crippen LogP contribution < -0.4 is 10.1 Å². The Morgan fingerprint density at radius 1 is 1.21 bits per heavy atom. The van der Waals surface area contributed by atoms with Gasteiger partial charge in [0.05, 0.1) is 18.8 Å². The van der Waals surface area contributed by atoms with Crippen molar-refractivity contribution < 1.29 is 4.74 Å². The minimum absolute atomic E-state index is 0.175. The average Bonchev–Trinajstić information content (AvgIpc) is 2.84. The van der Waals surface area contributed by atoms with Crippen molar-refractivity contribution in [1.82, 2.24) is 15.1 Å². The molecule has 0 amide bonds. The van der Waals surface area contributed by atoms with Crippen LogP contribution >= 0.6 is 0 Å². The number of nitrogens with zero attached hydrogens (tertiary/aromatic N) is 2. The fourth-order valence-electron chi connectivity index (χ4n) is 2.14. The van der Waals surface area contributed by atoms with Crippen LogP contribution in [0.15, 0.2) is 36.7 Å². The molecule has 1 heterocycles. The number of nitrogens with one attached hydrogen (secondary N) is 1. The fraction of sp³-hybridized carbons (Fsp3) is 0.400. The third-order valence-corrected chi connectivity index (χ3v) is 2.99. The molecule has 0 aliphatic carbocycles. The second-order valence-corrected chi connectivity index (χ2v) is 4.44. The van der Waals surface area contributed by atoms with Crippen molar-refractivity contribution in [3.8, 4) is 5.75 Å². The van der Waals surface area contributed by atoms with Gasteiger partial charge in [-0.25, -0.2) is 0 Å². The van der Waals surface area contributed by atoms with Gasteiger partial charge < -0.3 is 10.1 Å². The number of hydrogen-bond donors (Lipinski definition) is 1. The monoisotopic (exact) mass is 259 g/mol. The first-order chi connectivity index (χ1) is 9.24. The van der Waals surface area contributed by atoms with E-state index < -0.39 is 0 Å². The second kappa shape index (κ2) is 6.38. The molecule has 0 saturated heterocycles. The largest absolute Gasteiger partial charge is 0.494 e. The molecule has 4 heteroatoms. The van der Waals surface area contributed by atoms with Crippen LogP contribution in [0.3, 0.4) is 0 Å². The molecule has 1 aromatic heterocycles. The van der Waals surface area contributed by atoms with Crippen LogP contribution in [0.1, 0.15) is 31.0 Å². The van der Waals surface area contributed by atoms with Crippen LogP contribution in [0.2, 0.25) is 0 Å². The van der Waals surface area contributed by atoms with Crippen LogP contribution in [0, 0.1) is 0 Å². The van der Waals surface area contributed by atoms with Crippen LogP contribution in [-0.2, 0) is 7.05 Å². The Labute approximate surface area is 114 Å². The van der Waals surface area contributed by atoms with Gasteiger partial charge in [-0.3, -0.25) is 4.68 Å². The molecule has 0 saturated carbocycles. The van der Waals surface area contributed by atoms with Crippen molar-refractivity contribution in [2.45, 2.75) is 19.9 Å². The lowest BCUT2D eigenvalue weighted by molar-refractivity contribution is 0.340. The molecular weight excluding hydrogens is 238 g/mol. The zero-order valence-corrected chi connectivity index (χ0v) is 11.8. The first-order valence-corrected chi connectivity index (χ1v) is 6.69. The van der Waals surface area contributed by atoms with Gasteiger partial charge in [0.1, 0.15) is 5.75 Å². The third-order valence-electron chi connectivity index (χ3n) is 2.99. The normalized spacial score (nSPS) is 12.4. The van der Waals surface area contributed by atoms with E-state index in [2.05, 4.69) is 29.5 Å². The third kappa shape index (κ3) is 3.35. The van der Waals surface area contributed by atoms with E-state index in [-0.39, 0.29) is 6.04 Å². The van der Waals surface area contributed by atoms with Crippen LogP contribution in [0.5, 0.6) is 5.75 Å². The van der Waals surface area contributed by atoms with Crippen molar-refractivity contribution in [2.24, 2.45) is 7.05 Å². The van der Waals surface area contributed by atoms with Gasteiger partial charge in [-0.1, -0.05) is 19.1 Å². The lowest BCUT2D eigenvalue weighted by Gasteiger charge is -2.17. The van der Waals surface area contributed by atoms with Gasteiger partial charge >= 0.3 is 0 Å². The van der Waals surface area contributed by atoms with Crippen molar-refractivity contribution >= 4 is 0 Å². The molecule has 0 aliphatic rings. The Hall–Kier alpha value is -1.81. The summed E-state index contributed by atoms with van der Waals surface area (Å²) in [6, 6.07) is 8.41. The molecule has 0 spiro atoms. The van der Waals surface area contributed by atoms with Gasteiger partial charge in [-0.2, -0.15) is 5.10 Å². The molecule has 1 N–H and O–H groups in total. The smallest absolute Gasteiger partial charge is 0.119 e. The summed E-state index contributed by atoms with van der Waals surface area (Å²) in [7, 11) is 1.94. The first-order valence-electron chi connectivity index (χ1n) is 6.69. The van der Waals surface area contributed by atoms with Crippen molar-refractivity contribution in [1.29, 1.82) is 0 Å². The number of aromatic nitrogens is 2. The van der Waals surface area contributed by atoms with Gasteiger partial charge in [0.25, 0.3) is 0 Å². The number of rotatable bonds is 6. The van der Waals surface area contributed by atoms with E-state index in [1.165, 1.54) is 11.1 Å². The molecule has 2 rings (SSSR count). The summed E-state index contributed by atoms with van der Waals surface area (Å²) in [6.07, 6.45) is 3.95.